The highest BCUT2D eigenvalue weighted by Crippen LogP contribution is 2.36. The van der Waals surface area contributed by atoms with Crippen molar-refractivity contribution in [3.05, 3.63) is 108 Å². The summed E-state index contributed by atoms with van der Waals surface area (Å²) in [6.07, 6.45) is -0.902. The zero-order chi connectivity index (χ0) is 29.1. The summed E-state index contributed by atoms with van der Waals surface area (Å²) in [5.74, 6) is -1.73. The Balaban J connectivity index is 1.39. The van der Waals surface area contributed by atoms with Crippen LogP contribution in [0.2, 0.25) is 0 Å². The summed E-state index contributed by atoms with van der Waals surface area (Å²) in [6, 6.07) is 16.0. The summed E-state index contributed by atoms with van der Waals surface area (Å²) in [5, 5.41) is 11.1. The number of nitrogens with one attached hydrogen (secondary N) is 4. The topological polar surface area (TPSA) is 108 Å². The highest BCUT2D eigenvalue weighted by molar-refractivity contribution is 6.35. The monoisotopic (exact) mass is 560 g/mol. The molecule has 41 heavy (non-hydrogen) atoms. The molecule has 1 aliphatic heterocycles. The fraction of sp³-hybridized carbons (Fsp3) is 0.0345. The molecule has 0 bridgehead atoms. The molecule has 4 aromatic rings. The van der Waals surface area contributed by atoms with Crippen LogP contribution in [-0.2, 0) is 15.8 Å². The second-order valence-corrected chi connectivity index (χ2v) is 8.77. The largest absolute Gasteiger partial charge is 0.416 e. The van der Waals surface area contributed by atoms with Crippen LogP contribution in [0.15, 0.2) is 85.6 Å². The van der Waals surface area contributed by atoms with E-state index in [1.807, 2.05) is 0 Å². The average Bonchev–Trinajstić information content (AvgIpc) is 3.25. The van der Waals surface area contributed by atoms with Gasteiger partial charge in [0.15, 0.2) is 11.6 Å². The van der Waals surface area contributed by atoms with E-state index >= 15 is 0 Å². The van der Waals surface area contributed by atoms with E-state index in [1.165, 1.54) is 18.2 Å². The van der Waals surface area contributed by atoms with Crippen molar-refractivity contribution in [3.63, 3.8) is 0 Å². The van der Waals surface area contributed by atoms with Crippen LogP contribution < -0.4 is 21.3 Å². The number of hydrogen-bond donors (Lipinski definition) is 4. The van der Waals surface area contributed by atoms with Crippen molar-refractivity contribution in [1.82, 2.24) is 9.97 Å². The number of nitrogens with zero attached hydrogens (tertiary/aromatic N) is 2. The van der Waals surface area contributed by atoms with Crippen LogP contribution in [0.5, 0.6) is 0 Å². The molecule has 0 radical (unpaired) electrons. The molecule has 206 valence electrons. The summed E-state index contributed by atoms with van der Waals surface area (Å²) >= 11 is 0. The maximum absolute atomic E-state index is 14.6. The van der Waals surface area contributed by atoms with Gasteiger partial charge in [-0.05, 0) is 60.2 Å². The number of amides is 2. The van der Waals surface area contributed by atoms with Gasteiger partial charge in [0.2, 0.25) is 11.9 Å². The van der Waals surface area contributed by atoms with E-state index in [2.05, 4.69) is 37.8 Å². The fourth-order valence-corrected chi connectivity index (χ4v) is 4.00. The number of anilines is 6. The van der Waals surface area contributed by atoms with Gasteiger partial charge in [-0.3, -0.25) is 9.59 Å². The molecule has 0 atom stereocenters. The van der Waals surface area contributed by atoms with Crippen molar-refractivity contribution < 1.29 is 27.2 Å². The molecule has 0 fully saturated rings. The third-order valence-corrected chi connectivity index (χ3v) is 5.98. The summed E-state index contributed by atoms with van der Waals surface area (Å²) in [4.78, 5) is 32.5. The Morgan fingerprint density at radius 1 is 0.976 bits per heavy atom. The quantitative estimate of drug-likeness (QED) is 0.147. The van der Waals surface area contributed by atoms with Crippen LogP contribution in [-0.4, -0.2) is 21.8 Å². The van der Waals surface area contributed by atoms with E-state index in [0.717, 1.165) is 24.4 Å². The van der Waals surface area contributed by atoms with Crippen molar-refractivity contribution in [3.8, 4) is 0 Å². The van der Waals surface area contributed by atoms with Gasteiger partial charge in [0.1, 0.15) is 0 Å². The number of hydrogen-bond acceptors (Lipinski definition) is 6. The van der Waals surface area contributed by atoms with Gasteiger partial charge in [0.25, 0.3) is 5.91 Å². The number of halogens is 4. The van der Waals surface area contributed by atoms with E-state index in [0.29, 0.717) is 33.9 Å². The minimum atomic E-state index is -4.47. The molecule has 5 rings (SSSR count). The number of rotatable bonds is 7. The SMILES string of the molecule is C=CC(=O)Nc1ccccc1Nc1nc(Nc2ccc3c(c2)/C(=C/c2ccc(C(F)(F)F)cc2)C(=O)N3)ncc1F. The van der Waals surface area contributed by atoms with E-state index in [1.54, 1.807) is 42.5 Å². The highest BCUT2D eigenvalue weighted by atomic mass is 19.4. The highest BCUT2D eigenvalue weighted by Gasteiger charge is 2.30. The van der Waals surface area contributed by atoms with Crippen LogP contribution in [0.1, 0.15) is 16.7 Å². The molecule has 4 N–H and O–H groups in total. The lowest BCUT2D eigenvalue weighted by Crippen LogP contribution is -2.10. The lowest BCUT2D eigenvalue weighted by Gasteiger charge is -2.13. The molecular weight excluding hydrogens is 540 g/mol. The maximum atomic E-state index is 14.6. The first kappa shape index (κ1) is 27.1. The second kappa shape index (κ2) is 10.9. The van der Waals surface area contributed by atoms with Crippen LogP contribution in [0, 0.1) is 5.82 Å². The van der Waals surface area contributed by atoms with Crippen molar-refractivity contribution in [2.24, 2.45) is 0 Å². The van der Waals surface area contributed by atoms with Crippen LogP contribution in [0.25, 0.3) is 11.6 Å². The summed E-state index contributed by atoms with van der Waals surface area (Å²) < 4.78 is 53.3. The van der Waals surface area contributed by atoms with Crippen molar-refractivity contribution in [2.75, 3.05) is 21.3 Å². The maximum Gasteiger partial charge on any atom is 0.416 e. The second-order valence-electron chi connectivity index (χ2n) is 8.77. The fourth-order valence-electron chi connectivity index (χ4n) is 4.00. The van der Waals surface area contributed by atoms with Gasteiger partial charge >= 0.3 is 6.18 Å². The van der Waals surface area contributed by atoms with Crippen molar-refractivity contribution >= 4 is 58.0 Å². The number of carbonyl (C=O) groups excluding carboxylic acids is 2. The van der Waals surface area contributed by atoms with Gasteiger partial charge in [-0.15, -0.1) is 0 Å². The minimum absolute atomic E-state index is 0.0343. The first-order valence-corrected chi connectivity index (χ1v) is 12.0. The number of para-hydroxylation sites is 2. The van der Waals surface area contributed by atoms with E-state index in [9.17, 15) is 27.2 Å². The van der Waals surface area contributed by atoms with Gasteiger partial charge in [-0.25, -0.2) is 9.37 Å². The standard InChI is InChI=1S/C29H20F4N6O2/c1-2-25(40)36-23-5-3-4-6-24(23)37-26-21(30)15-34-28(39-26)35-18-11-12-22-19(14-18)20(27(41)38-22)13-16-7-9-17(10-8-16)29(31,32)33/h2-15H,1H2,(H,36,40)(H,38,41)(H2,34,35,37,39)/b20-13-. The third-order valence-electron chi connectivity index (χ3n) is 5.98. The lowest BCUT2D eigenvalue weighted by atomic mass is 10.0. The molecule has 2 heterocycles. The Labute approximate surface area is 230 Å². The summed E-state index contributed by atoms with van der Waals surface area (Å²) in [7, 11) is 0. The van der Waals surface area contributed by atoms with E-state index in [4.69, 9.17) is 0 Å². The zero-order valence-corrected chi connectivity index (χ0v) is 21.0. The van der Waals surface area contributed by atoms with Gasteiger partial charge in [-0.1, -0.05) is 30.8 Å². The van der Waals surface area contributed by atoms with Gasteiger partial charge in [0.05, 0.1) is 23.1 Å². The number of benzene rings is 3. The van der Waals surface area contributed by atoms with Crippen LogP contribution in [0.4, 0.5) is 52.1 Å². The molecule has 0 unspecified atom stereocenters. The predicted molar refractivity (Wildman–Crippen MR) is 148 cm³/mol. The van der Waals surface area contributed by atoms with Gasteiger partial charge in [0, 0.05) is 22.5 Å². The third kappa shape index (κ3) is 6.06. The van der Waals surface area contributed by atoms with Crippen LogP contribution in [0.3, 0.4) is 0 Å². The van der Waals surface area contributed by atoms with E-state index in [-0.39, 0.29) is 17.3 Å². The normalized spacial score (nSPS) is 13.4. The smallest absolute Gasteiger partial charge is 0.336 e. The number of aromatic nitrogens is 2. The molecule has 0 spiro atoms. The minimum Gasteiger partial charge on any atom is -0.336 e. The molecule has 3 aromatic carbocycles. The average molecular weight is 561 g/mol. The van der Waals surface area contributed by atoms with Crippen molar-refractivity contribution in [1.29, 1.82) is 0 Å². The molecular formula is C29H20F4N6O2. The first-order chi connectivity index (χ1) is 19.6. The molecule has 0 saturated heterocycles. The van der Waals surface area contributed by atoms with Crippen LogP contribution >= 0.6 is 0 Å². The summed E-state index contributed by atoms with van der Waals surface area (Å²) in [6.45, 7) is 3.41. The molecule has 0 aliphatic carbocycles. The Morgan fingerprint density at radius 3 is 2.41 bits per heavy atom. The summed E-state index contributed by atoms with van der Waals surface area (Å²) in [5.41, 5.74) is 2.13. The Kier molecular flexibility index (Phi) is 7.21. The Hall–Kier alpha value is -5.52. The molecule has 12 heteroatoms. The number of carbonyl (C=O) groups is 2. The molecule has 2 amide bonds. The Bertz CT molecular complexity index is 1700. The number of fused-ring (bicyclic) bond motifs is 1. The van der Waals surface area contributed by atoms with Gasteiger partial charge < -0.3 is 21.3 Å². The molecule has 0 saturated carbocycles. The number of alkyl halides is 3. The molecule has 8 nitrogen and oxygen atoms in total. The van der Waals surface area contributed by atoms with Crippen molar-refractivity contribution in [2.45, 2.75) is 6.18 Å². The molecule has 1 aromatic heterocycles. The Morgan fingerprint density at radius 2 is 1.71 bits per heavy atom. The first-order valence-electron chi connectivity index (χ1n) is 12.0. The zero-order valence-electron chi connectivity index (χ0n) is 21.0. The van der Waals surface area contributed by atoms with E-state index < -0.39 is 29.4 Å². The predicted octanol–water partition coefficient (Wildman–Crippen LogP) is 6.74. The molecule has 1 aliphatic rings. The lowest BCUT2D eigenvalue weighted by molar-refractivity contribution is -0.137. The van der Waals surface area contributed by atoms with Gasteiger partial charge in [-0.2, -0.15) is 18.2 Å².